The van der Waals surface area contributed by atoms with Crippen molar-refractivity contribution in [3.8, 4) is 28.6 Å². The van der Waals surface area contributed by atoms with Crippen LogP contribution in [0.3, 0.4) is 0 Å². The second kappa shape index (κ2) is 6.31. The summed E-state index contributed by atoms with van der Waals surface area (Å²) in [5, 5.41) is 12.7. The van der Waals surface area contributed by atoms with E-state index in [2.05, 4.69) is 10.1 Å². The molecule has 0 saturated carbocycles. The molecule has 0 bridgehead atoms. The van der Waals surface area contributed by atoms with Crippen LogP contribution < -0.4 is 4.74 Å². The van der Waals surface area contributed by atoms with Crippen molar-refractivity contribution in [1.29, 1.82) is 0 Å². The standard InChI is InChI=1S/C17H14N2O4/c1-11-6-2-3-7-12(11)17-18-16(19-23-17)13-8-4-5-9-14(13)22-10-15(20)21/h2-9H,10H2,1H3,(H,20,21). The van der Waals surface area contributed by atoms with E-state index in [1.165, 1.54) is 0 Å². The van der Waals surface area contributed by atoms with Crippen molar-refractivity contribution in [3.05, 3.63) is 54.1 Å². The number of rotatable bonds is 5. The molecule has 0 spiro atoms. The highest BCUT2D eigenvalue weighted by Crippen LogP contribution is 2.30. The summed E-state index contributed by atoms with van der Waals surface area (Å²) in [5.41, 5.74) is 2.46. The van der Waals surface area contributed by atoms with Gasteiger partial charge in [-0.05, 0) is 30.7 Å². The summed E-state index contributed by atoms with van der Waals surface area (Å²) in [6.45, 7) is 1.53. The van der Waals surface area contributed by atoms with Crippen LogP contribution in [0.2, 0.25) is 0 Å². The molecule has 0 amide bonds. The van der Waals surface area contributed by atoms with Crippen LogP contribution in [-0.4, -0.2) is 27.8 Å². The van der Waals surface area contributed by atoms with Crippen LogP contribution in [-0.2, 0) is 4.79 Å². The number of nitrogens with zero attached hydrogens (tertiary/aromatic N) is 2. The quantitative estimate of drug-likeness (QED) is 0.779. The van der Waals surface area contributed by atoms with E-state index in [0.717, 1.165) is 11.1 Å². The minimum atomic E-state index is -1.05. The van der Waals surface area contributed by atoms with Crippen LogP contribution in [0.25, 0.3) is 22.8 Å². The molecule has 6 heteroatoms. The Morgan fingerprint density at radius 3 is 2.57 bits per heavy atom. The maximum atomic E-state index is 10.7. The molecule has 1 aromatic heterocycles. The molecule has 6 nitrogen and oxygen atoms in total. The normalized spacial score (nSPS) is 10.5. The van der Waals surface area contributed by atoms with Crippen LogP contribution >= 0.6 is 0 Å². The lowest BCUT2D eigenvalue weighted by Crippen LogP contribution is -2.10. The van der Waals surface area contributed by atoms with E-state index in [0.29, 0.717) is 23.0 Å². The van der Waals surface area contributed by atoms with Crippen LogP contribution in [0.15, 0.2) is 53.1 Å². The lowest BCUT2D eigenvalue weighted by Gasteiger charge is -2.06. The molecule has 0 saturated heterocycles. The molecule has 0 atom stereocenters. The average molecular weight is 310 g/mol. The number of aryl methyl sites for hydroxylation is 1. The summed E-state index contributed by atoms with van der Waals surface area (Å²) in [6.07, 6.45) is 0. The molecule has 0 unspecified atom stereocenters. The Hall–Kier alpha value is -3.15. The highest BCUT2D eigenvalue weighted by Gasteiger charge is 2.15. The zero-order valence-corrected chi connectivity index (χ0v) is 12.4. The molecule has 0 aliphatic heterocycles. The number of hydrogen-bond acceptors (Lipinski definition) is 5. The largest absolute Gasteiger partial charge is 0.481 e. The minimum Gasteiger partial charge on any atom is -0.481 e. The Bertz CT molecular complexity index is 842. The van der Waals surface area contributed by atoms with Crippen LogP contribution in [0.1, 0.15) is 5.56 Å². The van der Waals surface area contributed by atoms with Gasteiger partial charge in [0.25, 0.3) is 5.89 Å². The zero-order valence-electron chi connectivity index (χ0n) is 12.4. The number of para-hydroxylation sites is 1. The maximum absolute atomic E-state index is 10.7. The molecule has 23 heavy (non-hydrogen) atoms. The Kier molecular flexibility index (Phi) is 4.05. The van der Waals surface area contributed by atoms with Crippen LogP contribution in [0, 0.1) is 6.92 Å². The summed E-state index contributed by atoms with van der Waals surface area (Å²) in [4.78, 5) is 15.1. The molecule has 0 aliphatic carbocycles. The van der Waals surface area contributed by atoms with Gasteiger partial charge in [-0.25, -0.2) is 4.79 Å². The van der Waals surface area contributed by atoms with Gasteiger partial charge >= 0.3 is 5.97 Å². The van der Waals surface area contributed by atoms with Gasteiger partial charge in [0, 0.05) is 5.56 Å². The van der Waals surface area contributed by atoms with Crippen molar-refractivity contribution >= 4 is 5.97 Å². The van der Waals surface area contributed by atoms with Crippen molar-refractivity contribution in [2.75, 3.05) is 6.61 Å². The molecule has 1 N–H and O–H groups in total. The fourth-order valence-corrected chi connectivity index (χ4v) is 2.17. The third-order valence-electron chi connectivity index (χ3n) is 3.28. The number of ether oxygens (including phenoxy) is 1. The van der Waals surface area contributed by atoms with Gasteiger partial charge in [-0.1, -0.05) is 35.5 Å². The predicted molar refractivity (Wildman–Crippen MR) is 83.0 cm³/mol. The number of aromatic nitrogens is 2. The SMILES string of the molecule is Cc1ccccc1-c1nc(-c2ccccc2OCC(=O)O)no1. The van der Waals surface area contributed by atoms with Crippen LogP contribution in [0.5, 0.6) is 5.75 Å². The molecule has 0 fully saturated rings. The molecule has 1 heterocycles. The van der Waals surface area contributed by atoms with Gasteiger partial charge in [-0.2, -0.15) is 4.98 Å². The smallest absolute Gasteiger partial charge is 0.341 e. The van der Waals surface area contributed by atoms with E-state index in [4.69, 9.17) is 14.4 Å². The first-order valence-corrected chi connectivity index (χ1v) is 6.99. The average Bonchev–Trinajstić information content (AvgIpc) is 3.03. The van der Waals surface area contributed by atoms with Gasteiger partial charge < -0.3 is 14.4 Å². The first kappa shape index (κ1) is 14.8. The first-order valence-electron chi connectivity index (χ1n) is 6.99. The maximum Gasteiger partial charge on any atom is 0.341 e. The number of carboxylic acids is 1. The first-order chi connectivity index (χ1) is 11.1. The zero-order chi connectivity index (χ0) is 16.2. The lowest BCUT2D eigenvalue weighted by atomic mass is 10.1. The molecular formula is C17H14N2O4. The van der Waals surface area contributed by atoms with Crippen molar-refractivity contribution in [2.45, 2.75) is 6.92 Å². The highest BCUT2D eigenvalue weighted by atomic mass is 16.5. The summed E-state index contributed by atoms with van der Waals surface area (Å²) in [7, 11) is 0. The Balaban J connectivity index is 1.95. The molecule has 116 valence electrons. The van der Waals surface area contributed by atoms with E-state index >= 15 is 0 Å². The van der Waals surface area contributed by atoms with E-state index < -0.39 is 12.6 Å². The summed E-state index contributed by atoms with van der Waals surface area (Å²) in [6, 6.07) is 14.7. The minimum absolute atomic E-state index is 0.351. The van der Waals surface area contributed by atoms with E-state index in [-0.39, 0.29) is 0 Å². The van der Waals surface area contributed by atoms with Crippen molar-refractivity contribution in [1.82, 2.24) is 10.1 Å². The van der Waals surface area contributed by atoms with E-state index in [1.807, 2.05) is 31.2 Å². The number of benzene rings is 2. The molecule has 0 radical (unpaired) electrons. The number of carboxylic acid groups (broad SMARTS) is 1. The predicted octanol–water partition coefficient (Wildman–Crippen LogP) is 3.18. The van der Waals surface area contributed by atoms with Crippen molar-refractivity contribution in [2.24, 2.45) is 0 Å². The number of carbonyl (C=O) groups is 1. The Morgan fingerprint density at radius 1 is 1.13 bits per heavy atom. The number of aliphatic carboxylic acids is 1. The van der Waals surface area contributed by atoms with Gasteiger partial charge in [0.05, 0.1) is 5.56 Å². The highest BCUT2D eigenvalue weighted by molar-refractivity contribution is 5.70. The third-order valence-corrected chi connectivity index (χ3v) is 3.28. The van der Waals surface area contributed by atoms with Gasteiger partial charge in [-0.3, -0.25) is 0 Å². The van der Waals surface area contributed by atoms with Gasteiger partial charge in [0.15, 0.2) is 6.61 Å². The molecule has 3 aromatic rings. The van der Waals surface area contributed by atoms with E-state index in [1.54, 1.807) is 24.3 Å². The monoisotopic (exact) mass is 310 g/mol. The molecular weight excluding hydrogens is 296 g/mol. The van der Waals surface area contributed by atoms with Gasteiger partial charge in [-0.15, -0.1) is 0 Å². The Morgan fingerprint density at radius 2 is 1.83 bits per heavy atom. The second-order valence-corrected chi connectivity index (χ2v) is 4.92. The van der Waals surface area contributed by atoms with Crippen LogP contribution in [0.4, 0.5) is 0 Å². The van der Waals surface area contributed by atoms with Gasteiger partial charge in [0.1, 0.15) is 5.75 Å². The summed E-state index contributed by atoms with van der Waals surface area (Å²) in [5.74, 6) is 0.107. The fourth-order valence-electron chi connectivity index (χ4n) is 2.17. The molecule has 3 rings (SSSR count). The van der Waals surface area contributed by atoms with Crippen molar-refractivity contribution < 1.29 is 19.2 Å². The fraction of sp³-hybridized carbons (Fsp3) is 0.118. The lowest BCUT2D eigenvalue weighted by molar-refractivity contribution is -0.139. The van der Waals surface area contributed by atoms with E-state index in [9.17, 15) is 4.79 Å². The second-order valence-electron chi connectivity index (χ2n) is 4.92. The summed E-state index contributed by atoms with van der Waals surface area (Å²) >= 11 is 0. The third kappa shape index (κ3) is 3.21. The van der Waals surface area contributed by atoms with Gasteiger partial charge in [0.2, 0.25) is 5.82 Å². The summed E-state index contributed by atoms with van der Waals surface area (Å²) < 4.78 is 10.6. The van der Waals surface area contributed by atoms with Crippen molar-refractivity contribution in [3.63, 3.8) is 0 Å². The Labute approximate surface area is 132 Å². The molecule has 0 aliphatic rings. The number of hydrogen-bond donors (Lipinski definition) is 1. The molecule has 2 aromatic carbocycles. The topological polar surface area (TPSA) is 85.5 Å².